The molecule has 0 radical (unpaired) electrons. The van der Waals surface area contributed by atoms with Crippen LogP contribution in [0.2, 0.25) is 5.15 Å². The largest absolute Gasteiger partial charge is 0.433 e. The van der Waals surface area contributed by atoms with Crippen molar-refractivity contribution in [2.75, 3.05) is 0 Å². The molecule has 4 rings (SSSR count). The van der Waals surface area contributed by atoms with Crippen LogP contribution >= 0.6 is 11.6 Å². The fourth-order valence-electron chi connectivity index (χ4n) is 2.56. The van der Waals surface area contributed by atoms with Crippen LogP contribution in [0.15, 0.2) is 16.8 Å². The smallest absolute Gasteiger partial charge is 0.229 e. The highest BCUT2D eigenvalue weighted by atomic mass is 35.5. The number of fused-ring (bicyclic) bond motifs is 4. The Morgan fingerprint density at radius 2 is 2.15 bits per heavy atom. The number of pyridine rings is 1. The van der Waals surface area contributed by atoms with E-state index in [4.69, 9.17) is 20.8 Å². The summed E-state index contributed by atoms with van der Waals surface area (Å²) in [4.78, 5) is 12.8. The van der Waals surface area contributed by atoms with Crippen LogP contribution in [0.1, 0.15) is 25.1 Å². The first-order valence-corrected chi connectivity index (χ1v) is 6.77. The van der Waals surface area contributed by atoms with E-state index in [0.29, 0.717) is 28.6 Å². The zero-order valence-electron chi connectivity index (χ0n) is 11.1. The summed E-state index contributed by atoms with van der Waals surface area (Å²) in [5.74, 6) is 0. The molecule has 0 bridgehead atoms. The van der Waals surface area contributed by atoms with Crippen molar-refractivity contribution < 1.29 is 9.15 Å². The highest BCUT2D eigenvalue weighted by Gasteiger charge is 2.28. The normalized spacial score (nSPS) is 17.6. The molecule has 4 heterocycles. The Balaban J connectivity index is 2.02. The lowest BCUT2D eigenvalue weighted by molar-refractivity contribution is -0.0411. The van der Waals surface area contributed by atoms with Gasteiger partial charge in [0, 0.05) is 12.0 Å². The first-order valence-electron chi connectivity index (χ1n) is 6.39. The SMILES string of the molecule is CC1(C)Cc2nc3oc4c(Cl)ncnc4c3cc2CO1. The van der Waals surface area contributed by atoms with Crippen molar-refractivity contribution in [2.24, 2.45) is 0 Å². The first-order chi connectivity index (χ1) is 9.53. The maximum atomic E-state index is 6.04. The van der Waals surface area contributed by atoms with Gasteiger partial charge in [-0.15, -0.1) is 0 Å². The monoisotopic (exact) mass is 289 g/mol. The molecule has 6 heteroatoms. The van der Waals surface area contributed by atoms with E-state index in [9.17, 15) is 0 Å². The highest BCUT2D eigenvalue weighted by Crippen LogP contribution is 2.34. The van der Waals surface area contributed by atoms with Gasteiger partial charge in [-0.2, -0.15) is 0 Å². The summed E-state index contributed by atoms with van der Waals surface area (Å²) in [7, 11) is 0. The van der Waals surface area contributed by atoms with E-state index in [-0.39, 0.29) is 5.60 Å². The number of aromatic nitrogens is 3. The number of nitrogens with zero attached hydrogens (tertiary/aromatic N) is 3. The fourth-order valence-corrected chi connectivity index (χ4v) is 2.73. The Morgan fingerprint density at radius 3 is 3.00 bits per heavy atom. The lowest BCUT2D eigenvalue weighted by Gasteiger charge is -2.30. The molecular weight excluding hydrogens is 278 g/mol. The Hall–Kier alpha value is -1.72. The Labute approximate surface area is 119 Å². The highest BCUT2D eigenvalue weighted by molar-refractivity contribution is 6.34. The molecule has 5 nitrogen and oxygen atoms in total. The molecule has 3 aromatic heterocycles. The molecule has 20 heavy (non-hydrogen) atoms. The average Bonchev–Trinajstić information content (AvgIpc) is 2.75. The van der Waals surface area contributed by atoms with Crippen LogP contribution in [-0.4, -0.2) is 20.6 Å². The van der Waals surface area contributed by atoms with Gasteiger partial charge in [0.2, 0.25) is 5.71 Å². The van der Waals surface area contributed by atoms with Crippen LogP contribution in [0.5, 0.6) is 0 Å². The minimum atomic E-state index is -0.197. The van der Waals surface area contributed by atoms with E-state index in [1.165, 1.54) is 6.33 Å². The molecule has 0 fully saturated rings. The molecule has 0 saturated heterocycles. The fraction of sp³-hybridized carbons (Fsp3) is 0.357. The molecule has 0 N–H and O–H groups in total. The molecule has 3 aromatic rings. The molecule has 1 aliphatic rings. The number of halogens is 1. The van der Waals surface area contributed by atoms with Gasteiger partial charge in [-0.05, 0) is 19.9 Å². The maximum Gasteiger partial charge on any atom is 0.229 e. The Kier molecular flexibility index (Phi) is 2.35. The molecule has 0 aromatic carbocycles. The molecular formula is C14H12ClN3O2. The molecule has 0 unspecified atom stereocenters. The number of furan rings is 1. The van der Waals surface area contributed by atoms with Crippen molar-refractivity contribution in [1.29, 1.82) is 0 Å². The summed E-state index contributed by atoms with van der Waals surface area (Å²) in [6.07, 6.45) is 2.19. The molecule has 0 saturated carbocycles. The second-order valence-corrected chi connectivity index (χ2v) is 5.97. The standard InChI is InChI=1S/C14H12ClN3O2/c1-14(2)4-9-7(5-19-14)3-8-10-11(20-13(8)18-9)12(15)17-6-16-10/h3,6H,4-5H2,1-2H3. The van der Waals surface area contributed by atoms with Gasteiger partial charge in [0.05, 0.1) is 23.3 Å². The van der Waals surface area contributed by atoms with Gasteiger partial charge in [-0.3, -0.25) is 0 Å². The first kappa shape index (κ1) is 12.1. The van der Waals surface area contributed by atoms with E-state index in [0.717, 1.165) is 23.1 Å². The quantitative estimate of drug-likeness (QED) is 0.594. The van der Waals surface area contributed by atoms with E-state index in [1.54, 1.807) is 0 Å². The zero-order valence-corrected chi connectivity index (χ0v) is 11.9. The van der Waals surface area contributed by atoms with Crippen LogP contribution in [0, 0.1) is 0 Å². The molecule has 0 atom stereocenters. The summed E-state index contributed by atoms with van der Waals surface area (Å²) < 4.78 is 11.5. The summed E-state index contributed by atoms with van der Waals surface area (Å²) >= 11 is 6.04. The lowest BCUT2D eigenvalue weighted by Crippen LogP contribution is -2.32. The van der Waals surface area contributed by atoms with Crippen molar-refractivity contribution in [1.82, 2.24) is 15.0 Å². The number of ether oxygens (including phenoxy) is 1. The third kappa shape index (κ3) is 1.70. The Morgan fingerprint density at radius 1 is 1.30 bits per heavy atom. The van der Waals surface area contributed by atoms with Crippen molar-refractivity contribution in [3.05, 3.63) is 28.8 Å². The summed E-state index contributed by atoms with van der Waals surface area (Å²) in [5, 5.41) is 1.16. The minimum absolute atomic E-state index is 0.197. The van der Waals surface area contributed by atoms with Crippen LogP contribution in [-0.2, 0) is 17.8 Å². The second-order valence-electron chi connectivity index (χ2n) is 5.62. The van der Waals surface area contributed by atoms with E-state index >= 15 is 0 Å². The van der Waals surface area contributed by atoms with Crippen molar-refractivity contribution in [3.63, 3.8) is 0 Å². The number of rotatable bonds is 0. The van der Waals surface area contributed by atoms with Crippen LogP contribution in [0.25, 0.3) is 22.2 Å². The molecule has 1 aliphatic heterocycles. The van der Waals surface area contributed by atoms with Crippen LogP contribution in [0.3, 0.4) is 0 Å². The third-order valence-corrected chi connectivity index (χ3v) is 3.85. The minimum Gasteiger partial charge on any atom is -0.433 e. The van der Waals surface area contributed by atoms with Crippen molar-refractivity contribution in [2.45, 2.75) is 32.5 Å². The molecule has 0 amide bonds. The predicted octanol–water partition coefficient (Wildman–Crippen LogP) is 3.28. The van der Waals surface area contributed by atoms with Gasteiger partial charge in [0.1, 0.15) is 11.8 Å². The lowest BCUT2D eigenvalue weighted by atomic mass is 9.95. The molecule has 0 aliphatic carbocycles. The van der Waals surface area contributed by atoms with Gasteiger partial charge in [-0.25, -0.2) is 15.0 Å². The molecule has 0 spiro atoms. The Bertz CT molecular complexity index is 841. The average molecular weight is 290 g/mol. The molecule has 102 valence electrons. The maximum absolute atomic E-state index is 6.04. The van der Waals surface area contributed by atoms with Crippen molar-refractivity contribution >= 4 is 33.8 Å². The third-order valence-electron chi connectivity index (χ3n) is 3.58. The van der Waals surface area contributed by atoms with Gasteiger partial charge >= 0.3 is 0 Å². The van der Waals surface area contributed by atoms with Gasteiger partial charge in [-0.1, -0.05) is 11.6 Å². The van der Waals surface area contributed by atoms with Gasteiger partial charge < -0.3 is 9.15 Å². The topological polar surface area (TPSA) is 61.0 Å². The van der Waals surface area contributed by atoms with Gasteiger partial charge in [0.25, 0.3) is 0 Å². The van der Waals surface area contributed by atoms with Crippen molar-refractivity contribution in [3.8, 4) is 0 Å². The van der Waals surface area contributed by atoms with Crippen LogP contribution in [0.4, 0.5) is 0 Å². The number of hydrogen-bond donors (Lipinski definition) is 0. The van der Waals surface area contributed by atoms with Gasteiger partial charge in [0.15, 0.2) is 10.7 Å². The van der Waals surface area contributed by atoms with Crippen LogP contribution < -0.4 is 0 Å². The van der Waals surface area contributed by atoms with E-state index < -0.39 is 0 Å². The van der Waals surface area contributed by atoms with E-state index in [1.807, 2.05) is 6.07 Å². The summed E-state index contributed by atoms with van der Waals surface area (Å²) in [6, 6.07) is 2.03. The summed E-state index contributed by atoms with van der Waals surface area (Å²) in [5.41, 5.74) is 3.63. The number of hydrogen-bond acceptors (Lipinski definition) is 5. The summed E-state index contributed by atoms with van der Waals surface area (Å²) in [6.45, 7) is 4.67. The second kappa shape index (κ2) is 3.90. The predicted molar refractivity (Wildman–Crippen MR) is 74.7 cm³/mol. The zero-order chi connectivity index (χ0) is 13.9. The van der Waals surface area contributed by atoms with E-state index in [2.05, 4.69) is 28.8 Å².